The van der Waals surface area contributed by atoms with Crippen LogP contribution in [0.5, 0.6) is 0 Å². The second-order valence-electron chi connectivity index (χ2n) is 6.15. The van der Waals surface area contributed by atoms with Crippen molar-refractivity contribution in [2.45, 2.75) is 39.0 Å². The molecule has 1 amide bonds. The Balaban J connectivity index is 1.71. The molecule has 1 aromatic rings. The van der Waals surface area contributed by atoms with Gasteiger partial charge in [-0.25, -0.2) is 0 Å². The number of hydrogen-bond donors (Lipinski definition) is 0. The molecule has 1 atom stereocenters. The van der Waals surface area contributed by atoms with Crippen LogP contribution in [0.4, 0.5) is 0 Å². The van der Waals surface area contributed by atoms with Crippen LogP contribution in [-0.2, 0) is 9.53 Å². The molecule has 1 aromatic carbocycles. The maximum absolute atomic E-state index is 12.3. The van der Waals surface area contributed by atoms with E-state index < -0.39 is 0 Å². The normalized spacial score (nSPS) is 18.0. The number of hydrogen-bond acceptors (Lipinski definition) is 3. The number of Topliss-reactive ketones (excluding diaryl/α,β-unsaturated/α-hetero) is 1. The van der Waals surface area contributed by atoms with Crippen molar-refractivity contribution in [1.29, 1.82) is 0 Å². The number of rotatable bonds is 8. The van der Waals surface area contributed by atoms with Crippen LogP contribution in [0.3, 0.4) is 0 Å². The Morgan fingerprint density at radius 2 is 2.00 bits per heavy atom. The Morgan fingerprint density at radius 1 is 1.22 bits per heavy atom. The number of carbonyl (C=O) groups excluding carboxylic acids is 2. The van der Waals surface area contributed by atoms with Crippen LogP contribution < -0.4 is 0 Å². The highest BCUT2D eigenvalue weighted by molar-refractivity contribution is 5.96. The van der Waals surface area contributed by atoms with Crippen LogP contribution in [0, 0.1) is 5.92 Å². The monoisotopic (exact) mass is 317 g/mol. The smallest absolute Gasteiger partial charge is 0.222 e. The van der Waals surface area contributed by atoms with E-state index in [2.05, 4.69) is 0 Å². The summed E-state index contributed by atoms with van der Waals surface area (Å²) in [5.74, 6) is 0.747. The number of benzene rings is 1. The Morgan fingerprint density at radius 3 is 2.74 bits per heavy atom. The fourth-order valence-electron chi connectivity index (χ4n) is 3.04. The molecular formula is C19H27NO3. The van der Waals surface area contributed by atoms with Crippen LogP contribution in [0.2, 0.25) is 0 Å². The molecule has 1 fully saturated rings. The van der Waals surface area contributed by atoms with Crippen molar-refractivity contribution < 1.29 is 14.3 Å². The van der Waals surface area contributed by atoms with Gasteiger partial charge in [0.2, 0.25) is 5.91 Å². The third-order valence-corrected chi connectivity index (χ3v) is 4.32. The van der Waals surface area contributed by atoms with Gasteiger partial charge in [0.25, 0.3) is 0 Å². The number of likely N-dealkylation sites (tertiary alicyclic amines) is 1. The van der Waals surface area contributed by atoms with Gasteiger partial charge in [-0.1, -0.05) is 30.3 Å². The van der Waals surface area contributed by atoms with Crippen molar-refractivity contribution in [2.24, 2.45) is 5.92 Å². The van der Waals surface area contributed by atoms with Crippen molar-refractivity contribution in [3.63, 3.8) is 0 Å². The molecule has 126 valence electrons. The summed E-state index contributed by atoms with van der Waals surface area (Å²) in [5.41, 5.74) is 0.731. The average molecular weight is 317 g/mol. The van der Waals surface area contributed by atoms with E-state index in [0.29, 0.717) is 25.2 Å². The van der Waals surface area contributed by atoms with E-state index in [1.165, 1.54) is 0 Å². The molecule has 0 saturated carbocycles. The summed E-state index contributed by atoms with van der Waals surface area (Å²) in [6, 6.07) is 9.28. The van der Waals surface area contributed by atoms with Crippen molar-refractivity contribution in [3.05, 3.63) is 35.9 Å². The Hall–Kier alpha value is -1.68. The van der Waals surface area contributed by atoms with Crippen LogP contribution in [0.15, 0.2) is 30.3 Å². The summed E-state index contributed by atoms with van der Waals surface area (Å²) < 4.78 is 5.48. The number of ketones is 1. The van der Waals surface area contributed by atoms with Gasteiger partial charge in [-0.15, -0.1) is 0 Å². The summed E-state index contributed by atoms with van der Waals surface area (Å²) in [6.45, 7) is 5.11. The number of ether oxygens (including phenoxy) is 1. The highest BCUT2D eigenvalue weighted by Crippen LogP contribution is 2.18. The first-order valence-electron chi connectivity index (χ1n) is 8.64. The van der Waals surface area contributed by atoms with Gasteiger partial charge in [0.1, 0.15) is 0 Å². The first-order valence-corrected chi connectivity index (χ1v) is 8.64. The number of amides is 1. The molecule has 1 saturated heterocycles. The molecule has 0 radical (unpaired) electrons. The fourth-order valence-corrected chi connectivity index (χ4v) is 3.04. The van der Waals surface area contributed by atoms with Crippen molar-refractivity contribution in [2.75, 3.05) is 26.3 Å². The lowest BCUT2D eigenvalue weighted by molar-refractivity contribution is -0.133. The summed E-state index contributed by atoms with van der Waals surface area (Å²) in [7, 11) is 0. The van der Waals surface area contributed by atoms with Crippen LogP contribution >= 0.6 is 0 Å². The van der Waals surface area contributed by atoms with Crippen molar-refractivity contribution >= 4 is 11.7 Å². The Labute approximate surface area is 138 Å². The lowest BCUT2D eigenvalue weighted by Crippen LogP contribution is -2.41. The molecule has 1 unspecified atom stereocenters. The molecule has 1 heterocycles. The van der Waals surface area contributed by atoms with E-state index in [4.69, 9.17) is 4.74 Å². The quantitative estimate of drug-likeness (QED) is 0.691. The number of nitrogens with zero attached hydrogens (tertiary/aromatic N) is 1. The molecule has 4 heteroatoms. The maximum Gasteiger partial charge on any atom is 0.222 e. The topological polar surface area (TPSA) is 46.6 Å². The predicted octanol–water partition coefficient (Wildman–Crippen LogP) is 3.31. The minimum absolute atomic E-state index is 0.117. The van der Waals surface area contributed by atoms with E-state index in [1.54, 1.807) is 0 Å². The summed E-state index contributed by atoms with van der Waals surface area (Å²) >= 11 is 0. The third-order valence-electron chi connectivity index (χ3n) is 4.32. The maximum atomic E-state index is 12.3. The van der Waals surface area contributed by atoms with Gasteiger partial charge in [0.05, 0.1) is 6.61 Å². The lowest BCUT2D eigenvalue weighted by atomic mass is 9.98. The van der Waals surface area contributed by atoms with Gasteiger partial charge in [-0.05, 0) is 32.1 Å². The van der Waals surface area contributed by atoms with E-state index >= 15 is 0 Å². The molecule has 0 N–H and O–H groups in total. The molecule has 1 aliphatic rings. The zero-order valence-electron chi connectivity index (χ0n) is 14.0. The van der Waals surface area contributed by atoms with E-state index in [0.717, 1.165) is 44.7 Å². The zero-order chi connectivity index (χ0) is 16.5. The van der Waals surface area contributed by atoms with E-state index in [9.17, 15) is 9.59 Å². The molecule has 0 bridgehead atoms. The van der Waals surface area contributed by atoms with Gasteiger partial charge in [-0.3, -0.25) is 9.59 Å². The Bertz CT molecular complexity index is 501. The third kappa shape index (κ3) is 5.79. The predicted molar refractivity (Wildman–Crippen MR) is 90.4 cm³/mol. The second kappa shape index (κ2) is 9.46. The largest absolute Gasteiger partial charge is 0.381 e. The van der Waals surface area contributed by atoms with Crippen LogP contribution in [0.1, 0.15) is 49.4 Å². The minimum Gasteiger partial charge on any atom is -0.381 e. The van der Waals surface area contributed by atoms with Gasteiger partial charge >= 0.3 is 0 Å². The van der Waals surface area contributed by atoms with Gasteiger partial charge in [0.15, 0.2) is 5.78 Å². The van der Waals surface area contributed by atoms with Gasteiger partial charge in [0, 0.05) is 38.1 Å². The highest BCUT2D eigenvalue weighted by atomic mass is 16.5. The van der Waals surface area contributed by atoms with E-state index in [1.807, 2.05) is 42.2 Å². The minimum atomic E-state index is 0.117. The van der Waals surface area contributed by atoms with Crippen molar-refractivity contribution in [1.82, 2.24) is 4.90 Å². The second-order valence-corrected chi connectivity index (χ2v) is 6.15. The van der Waals surface area contributed by atoms with Crippen LogP contribution in [0.25, 0.3) is 0 Å². The number of carbonyl (C=O) groups is 2. The SMILES string of the molecule is CCOCC1CCCN(C(=O)CCCC(=O)c2ccccc2)C1. The van der Waals surface area contributed by atoms with Crippen LogP contribution in [-0.4, -0.2) is 42.9 Å². The summed E-state index contributed by atoms with van der Waals surface area (Å²) in [6.07, 6.45) is 3.70. The zero-order valence-corrected chi connectivity index (χ0v) is 14.0. The molecule has 0 aliphatic carbocycles. The molecule has 4 nitrogen and oxygen atoms in total. The summed E-state index contributed by atoms with van der Waals surface area (Å²) in [4.78, 5) is 26.3. The van der Waals surface area contributed by atoms with E-state index in [-0.39, 0.29) is 11.7 Å². The molecule has 1 aliphatic heterocycles. The first-order chi connectivity index (χ1) is 11.2. The van der Waals surface area contributed by atoms with Crippen molar-refractivity contribution in [3.8, 4) is 0 Å². The average Bonchev–Trinajstić information content (AvgIpc) is 2.60. The lowest BCUT2D eigenvalue weighted by Gasteiger charge is -2.32. The summed E-state index contributed by atoms with van der Waals surface area (Å²) in [5, 5.41) is 0. The molecular weight excluding hydrogens is 290 g/mol. The molecule has 0 spiro atoms. The van der Waals surface area contributed by atoms with Gasteiger partial charge in [-0.2, -0.15) is 0 Å². The standard InChI is InChI=1S/C19H27NO3/c1-2-23-15-16-8-7-13-20(14-16)19(22)12-6-11-18(21)17-9-4-3-5-10-17/h3-5,9-10,16H,2,6-8,11-15H2,1H3. The number of piperidine rings is 1. The molecule has 23 heavy (non-hydrogen) atoms. The molecule has 0 aromatic heterocycles. The fraction of sp³-hybridized carbons (Fsp3) is 0.579. The Kier molecular flexibility index (Phi) is 7.27. The first kappa shape index (κ1) is 17.7. The highest BCUT2D eigenvalue weighted by Gasteiger charge is 2.23. The van der Waals surface area contributed by atoms with Gasteiger partial charge < -0.3 is 9.64 Å². The molecule has 2 rings (SSSR count).